The van der Waals surface area contributed by atoms with E-state index in [2.05, 4.69) is 14.8 Å². The molecule has 0 nitrogen and oxygen atoms in total. The summed E-state index contributed by atoms with van der Waals surface area (Å²) < 4.78 is 0. The normalized spacial score (nSPS) is 50.6. The summed E-state index contributed by atoms with van der Waals surface area (Å²) in [6.07, 6.45) is 9.11. The largest absolute Gasteiger partial charge is 0.109 e. The molecule has 0 aromatic heterocycles. The van der Waals surface area contributed by atoms with E-state index in [0.717, 1.165) is 17.2 Å². The predicted molar refractivity (Wildman–Crippen MR) is 51.6 cm³/mol. The Balaban J connectivity index is 2.09. The lowest BCUT2D eigenvalue weighted by Crippen LogP contribution is -2.31. The summed E-state index contributed by atoms with van der Waals surface area (Å²) in [5.41, 5.74) is 0. The van der Waals surface area contributed by atoms with Gasteiger partial charge in [-0.1, -0.05) is 44.3 Å². The molecule has 0 aliphatic heterocycles. The molecular formula is C10H19B. The molecule has 3 unspecified atom stereocenters. The zero-order chi connectivity index (χ0) is 7.90. The maximum Gasteiger partial charge on any atom is 0.109 e. The molecule has 0 aromatic carbocycles. The van der Waals surface area contributed by atoms with E-state index in [1.54, 1.807) is 0 Å². The molecule has 0 amide bonds. The van der Waals surface area contributed by atoms with Crippen molar-refractivity contribution >= 4 is 7.85 Å². The molecule has 2 fully saturated rings. The van der Waals surface area contributed by atoms with Crippen LogP contribution in [0, 0.1) is 11.8 Å². The highest BCUT2D eigenvalue weighted by molar-refractivity contribution is 6.15. The van der Waals surface area contributed by atoms with Crippen molar-refractivity contribution in [3.63, 3.8) is 0 Å². The van der Waals surface area contributed by atoms with E-state index in [1.807, 2.05) is 0 Å². The molecule has 11 heavy (non-hydrogen) atoms. The summed E-state index contributed by atoms with van der Waals surface area (Å²) in [4.78, 5) is 0. The van der Waals surface area contributed by atoms with Crippen LogP contribution in [0.1, 0.15) is 45.4 Å². The molecule has 2 saturated carbocycles. The molecule has 2 rings (SSSR count). The van der Waals surface area contributed by atoms with Crippen molar-refractivity contribution in [3.05, 3.63) is 0 Å². The van der Waals surface area contributed by atoms with E-state index in [1.165, 1.54) is 38.5 Å². The van der Waals surface area contributed by atoms with Crippen LogP contribution < -0.4 is 0 Å². The van der Waals surface area contributed by atoms with Crippen LogP contribution in [0.25, 0.3) is 0 Å². The van der Waals surface area contributed by atoms with Gasteiger partial charge in [0.2, 0.25) is 0 Å². The average Bonchev–Trinajstić information content (AvgIpc) is 1.82. The standard InChI is InChI=1S/C10H19B/c1-8-5-9-3-2-4-10(11,6-8)7-9/h8-9H,2-7,11H2,1H3. The van der Waals surface area contributed by atoms with Gasteiger partial charge in [-0.05, 0) is 18.3 Å². The van der Waals surface area contributed by atoms with Gasteiger partial charge in [0.1, 0.15) is 7.85 Å². The van der Waals surface area contributed by atoms with Gasteiger partial charge in [0, 0.05) is 0 Å². The Labute approximate surface area is 71.2 Å². The van der Waals surface area contributed by atoms with E-state index in [-0.39, 0.29) is 0 Å². The van der Waals surface area contributed by atoms with Gasteiger partial charge in [0.15, 0.2) is 0 Å². The van der Waals surface area contributed by atoms with Gasteiger partial charge in [-0.3, -0.25) is 0 Å². The van der Waals surface area contributed by atoms with Crippen molar-refractivity contribution in [2.75, 3.05) is 0 Å². The van der Waals surface area contributed by atoms with Crippen molar-refractivity contribution in [2.45, 2.75) is 50.8 Å². The maximum absolute atomic E-state index is 2.51. The molecule has 62 valence electrons. The lowest BCUT2D eigenvalue weighted by Gasteiger charge is -2.45. The topological polar surface area (TPSA) is 0 Å². The predicted octanol–water partition coefficient (Wildman–Crippen LogP) is 2.40. The molecule has 3 atom stereocenters. The van der Waals surface area contributed by atoms with Crippen LogP contribution in [0.15, 0.2) is 0 Å². The maximum atomic E-state index is 2.51. The van der Waals surface area contributed by atoms with Gasteiger partial charge in [-0.2, -0.15) is 0 Å². The molecule has 1 heteroatoms. The van der Waals surface area contributed by atoms with Crippen LogP contribution in [-0.4, -0.2) is 7.85 Å². The third-order valence-electron chi connectivity index (χ3n) is 3.75. The first-order valence-electron chi connectivity index (χ1n) is 5.18. The second-order valence-corrected chi connectivity index (χ2v) is 5.32. The molecule has 0 spiro atoms. The van der Waals surface area contributed by atoms with Crippen molar-refractivity contribution in [1.29, 1.82) is 0 Å². The minimum absolute atomic E-state index is 0.751. The van der Waals surface area contributed by atoms with E-state index >= 15 is 0 Å². The van der Waals surface area contributed by atoms with E-state index < -0.39 is 0 Å². The Morgan fingerprint density at radius 3 is 2.91 bits per heavy atom. The lowest BCUT2D eigenvalue weighted by atomic mass is 9.50. The van der Waals surface area contributed by atoms with Crippen LogP contribution in [0.2, 0.25) is 5.31 Å². The van der Waals surface area contributed by atoms with Crippen LogP contribution in [0.4, 0.5) is 0 Å². The molecule has 0 N–H and O–H groups in total. The first-order valence-corrected chi connectivity index (χ1v) is 5.18. The Hall–Kier alpha value is 0.0649. The molecule has 0 heterocycles. The zero-order valence-corrected chi connectivity index (χ0v) is 7.90. The van der Waals surface area contributed by atoms with Crippen LogP contribution in [0.3, 0.4) is 0 Å². The van der Waals surface area contributed by atoms with Gasteiger partial charge in [-0.25, -0.2) is 0 Å². The zero-order valence-electron chi connectivity index (χ0n) is 7.90. The molecule has 0 aromatic rings. The highest BCUT2D eigenvalue weighted by atomic mass is 14.4. The fourth-order valence-electron chi connectivity index (χ4n) is 3.60. The molecule has 0 radical (unpaired) electrons. The second-order valence-electron chi connectivity index (χ2n) is 5.32. The van der Waals surface area contributed by atoms with Crippen molar-refractivity contribution in [2.24, 2.45) is 11.8 Å². The number of rotatable bonds is 0. The Bertz CT molecular complexity index is 151. The van der Waals surface area contributed by atoms with Gasteiger partial charge in [-0.15, -0.1) is 0 Å². The van der Waals surface area contributed by atoms with Gasteiger partial charge in [0.05, 0.1) is 0 Å². The second kappa shape index (κ2) is 2.53. The highest BCUT2D eigenvalue weighted by Crippen LogP contribution is 2.53. The molecule has 2 aliphatic rings. The summed E-state index contributed by atoms with van der Waals surface area (Å²) in [6, 6.07) is 0. The summed E-state index contributed by atoms with van der Waals surface area (Å²) >= 11 is 0. The average molecular weight is 150 g/mol. The SMILES string of the molecule is BC12CCCC(CC(C)C1)C2. The Morgan fingerprint density at radius 1 is 1.36 bits per heavy atom. The van der Waals surface area contributed by atoms with Crippen molar-refractivity contribution in [3.8, 4) is 0 Å². The molecule has 0 saturated heterocycles. The fourth-order valence-corrected chi connectivity index (χ4v) is 3.60. The van der Waals surface area contributed by atoms with E-state index in [0.29, 0.717) is 0 Å². The lowest BCUT2D eigenvalue weighted by molar-refractivity contribution is 0.159. The van der Waals surface area contributed by atoms with Crippen LogP contribution >= 0.6 is 0 Å². The third-order valence-corrected chi connectivity index (χ3v) is 3.75. The molecular weight excluding hydrogens is 131 g/mol. The first kappa shape index (κ1) is 7.70. The van der Waals surface area contributed by atoms with E-state index in [4.69, 9.17) is 0 Å². The molecule has 2 bridgehead atoms. The smallest absolute Gasteiger partial charge is 0.0625 e. The number of fused-ring (bicyclic) bond motifs is 2. The summed E-state index contributed by atoms with van der Waals surface area (Å²) in [5.74, 6) is 2.11. The summed E-state index contributed by atoms with van der Waals surface area (Å²) in [5, 5.41) is 0.751. The van der Waals surface area contributed by atoms with Crippen LogP contribution in [0.5, 0.6) is 0 Å². The minimum Gasteiger partial charge on any atom is -0.0625 e. The van der Waals surface area contributed by atoms with Gasteiger partial charge >= 0.3 is 0 Å². The quantitative estimate of drug-likeness (QED) is 0.465. The minimum atomic E-state index is 0.751. The Morgan fingerprint density at radius 2 is 2.18 bits per heavy atom. The summed E-state index contributed by atoms with van der Waals surface area (Å²) in [6.45, 7) is 2.44. The highest BCUT2D eigenvalue weighted by Gasteiger charge is 2.37. The Kier molecular flexibility index (Phi) is 1.77. The van der Waals surface area contributed by atoms with Gasteiger partial charge < -0.3 is 0 Å². The third kappa shape index (κ3) is 1.48. The monoisotopic (exact) mass is 150 g/mol. The van der Waals surface area contributed by atoms with Gasteiger partial charge in [0.25, 0.3) is 0 Å². The van der Waals surface area contributed by atoms with E-state index in [9.17, 15) is 0 Å². The van der Waals surface area contributed by atoms with Crippen molar-refractivity contribution < 1.29 is 0 Å². The number of hydrogen-bond acceptors (Lipinski definition) is 0. The summed E-state index contributed by atoms with van der Waals surface area (Å²) in [7, 11) is 2.51. The van der Waals surface area contributed by atoms with Crippen molar-refractivity contribution in [1.82, 2.24) is 0 Å². The number of hydrogen-bond donors (Lipinski definition) is 0. The fraction of sp³-hybridized carbons (Fsp3) is 1.00. The first-order chi connectivity index (χ1) is 5.18. The van der Waals surface area contributed by atoms with Crippen LogP contribution in [-0.2, 0) is 0 Å². The molecule has 2 aliphatic carbocycles.